The number of carboxylic acids is 1. The van der Waals surface area contributed by atoms with Gasteiger partial charge in [-0.3, -0.25) is 4.79 Å². The zero-order chi connectivity index (χ0) is 15.4. The van der Waals surface area contributed by atoms with Crippen LogP contribution in [0, 0.1) is 5.82 Å². The first-order chi connectivity index (χ1) is 9.95. The van der Waals surface area contributed by atoms with Crippen molar-refractivity contribution in [1.82, 2.24) is 4.98 Å². The van der Waals surface area contributed by atoms with Gasteiger partial charge in [-0.1, -0.05) is 12.1 Å². The number of thiazole rings is 1. The smallest absolute Gasteiger partial charge is 0.338 e. The van der Waals surface area contributed by atoms with E-state index in [0.717, 1.165) is 6.07 Å². The highest BCUT2D eigenvalue weighted by Crippen LogP contribution is 2.18. The van der Waals surface area contributed by atoms with Crippen LogP contribution >= 0.6 is 11.3 Å². The fourth-order valence-corrected chi connectivity index (χ4v) is 2.29. The average molecular weight is 306 g/mol. The molecule has 2 aromatic rings. The quantitative estimate of drug-likeness (QED) is 0.909. The number of rotatable bonds is 4. The number of halogens is 1. The van der Waals surface area contributed by atoms with Gasteiger partial charge in [0.2, 0.25) is 5.91 Å². The topological polar surface area (TPSA) is 79.3 Å². The molecule has 0 saturated carbocycles. The number of anilines is 1. The highest BCUT2D eigenvalue weighted by Gasteiger charge is 2.09. The molecular formula is C14H11FN2O3S. The van der Waals surface area contributed by atoms with Crippen molar-refractivity contribution in [1.29, 1.82) is 0 Å². The Kier molecular flexibility index (Phi) is 4.44. The van der Waals surface area contributed by atoms with Crippen LogP contribution in [0.3, 0.4) is 0 Å². The van der Waals surface area contributed by atoms with Crippen LogP contribution in [-0.4, -0.2) is 22.0 Å². The molecule has 0 aliphatic rings. The maximum atomic E-state index is 13.5. The van der Waals surface area contributed by atoms with Gasteiger partial charge in [0.1, 0.15) is 5.82 Å². The molecule has 1 amide bonds. The Bertz CT molecular complexity index is 725. The molecule has 0 atom stereocenters. The molecule has 1 aromatic heterocycles. The lowest BCUT2D eigenvalue weighted by atomic mass is 10.1. The maximum Gasteiger partial charge on any atom is 0.338 e. The Hall–Kier alpha value is -2.54. The minimum absolute atomic E-state index is 0.203. The second-order valence-electron chi connectivity index (χ2n) is 4.14. The summed E-state index contributed by atoms with van der Waals surface area (Å²) >= 11 is 1.28. The van der Waals surface area contributed by atoms with E-state index >= 15 is 0 Å². The van der Waals surface area contributed by atoms with E-state index in [1.165, 1.54) is 30.4 Å². The number of nitrogens with one attached hydrogen (secondary N) is 1. The molecule has 108 valence electrons. The molecule has 1 heterocycles. The zero-order valence-corrected chi connectivity index (χ0v) is 11.8. The first-order valence-electron chi connectivity index (χ1n) is 5.90. The fourth-order valence-electron chi connectivity index (χ4n) is 1.56. The molecule has 0 saturated heterocycles. The summed E-state index contributed by atoms with van der Waals surface area (Å²) in [6, 6.07) is 3.85. The van der Waals surface area contributed by atoms with Crippen LogP contribution in [0.1, 0.15) is 28.5 Å². The van der Waals surface area contributed by atoms with Crippen LogP contribution in [0.15, 0.2) is 23.6 Å². The minimum Gasteiger partial charge on any atom is -0.478 e. The summed E-state index contributed by atoms with van der Waals surface area (Å²) in [5.41, 5.74) is 0.770. The third-order valence-corrected chi connectivity index (χ3v) is 3.25. The van der Waals surface area contributed by atoms with Crippen molar-refractivity contribution in [3.8, 4) is 0 Å². The van der Waals surface area contributed by atoms with E-state index in [-0.39, 0.29) is 11.5 Å². The number of aromatic nitrogens is 1. The first kappa shape index (κ1) is 14.9. The first-order valence-corrected chi connectivity index (χ1v) is 6.77. The Balaban J connectivity index is 2.14. The molecule has 0 radical (unpaired) electrons. The van der Waals surface area contributed by atoms with Gasteiger partial charge in [0.05, 0.1) is 11.3 Å². The molecule has 0 aliphatic heterocycles. The summed E-state index contributed by atoms with van der Waals surface area (Å²) in [6.07, 6.45) is 3.26. The number of hydrogen-bond donors (Lipinski definition) is 2. The van der Waals surface area contributed by atoms with Crippen molar-refractivity contribution in [2.45, 2.75) is 6.92 Å². The van der Waals surface area contributed by atoms with E-state index in [4.69, 9.17) is 5.11 Å². The Morgan fingerprint density at radius 3 is 2.76 bits per heavy atom. The molecule has 0 unspecified atom stereocenters. The number of carbonyl (C=O) groups is 2. The monoisotopic (exact) mass is 306 g/mol. The van der Waals surface area contributed by atoms with E-state index in [0.29, 0.717) is 16.4 Å². The average Bonchev–Trinajstić information content (AvgIpc) is 2.82. The zero-order valence-electron chi connectivity index (χ0n) is 11.0. The lowest BCUT2D eigenvalue weighted by Crippen LogP contribution is -2.04. The molecule has 0 fully saturated rings. The van der Waals surface area contributed by atoms with E-state index in [2.05, 4.69) is 10.3 Å². The molecule has 5 nitrogen and oxygen atoms in total. The van der Waals surface area contributed by atoms with Crippen molar-refractivity contribution >= 4 is 40.5 Å². The van der Waals surface area contributed by atoms with Gasteiger partial charge in [-0.15, -0.1) is 11.3 Å². The third kappa shape index (κ3) is 3.96. The number of hydrogen-bond acceptors (Lipinski definition) is 4. The molecule has 0 bridgehead atoms. The molecule has 0 spiro atoms. The molecular weight excluding hydrogens is 295 g/mol. The Morgan fingerprint density at radius 1 is 1.38 bits per heavy atom. The van der Waals surface area contributed by atoms with Gasteiger partial charge in [0.15, 0.2) is 5.13 Å². The van der Waals surface area contributed by atoms with Crippen LogP contribution in [0.25, 0.3) is 12.2 Å². The van der Waals surface area contributed by atoms with Crippen LogP contribution < -0.4 is 5.32 Å². The molecule has 2 rings (SSSR count). The van der Waals surface area contributed by atoms with Crippen molar-refractivity contribution in [3.63, 3.8) is 0 Å². The highest BCUT2D eigenvalue weighted by atomic mass is 32.1. The van der Waals surface area contributed by atoms with Crippen LogP contribution in [-0.2, 0) is 4.79 Å². The van der Waals surface area contributed by atoms with Crippen LogP contribution in [0.4, 0.5) is 9.52 Å². The lowest BCUT2D eigenvalue weighted by Gasteiger charge is -1.98. The van der Waals surface area contributed by atoms with Crippen molar-refractivity contribution in [2.75, 3.05) is 5.32 Å². The van der Waals surface area contributed by atoms with Gasteiger partial charge in [0.25, 0.3) is 0 Å². The second kappa shape index (κ2) is 6.27. The van der Waals surface area contributed by atoms with Gasteiger partial charge in [0, 0.05) is 12.3 Å². The van der Waals surface area contributed by atoms with Crippen molar-refractivity contribution in [2.24, 2.45) is 0 Å². The largest absolute Gasteiger partial charge is 0.478 e. The van der Waals surface area contributed by atoms with E-state index < -0.39 is 11.8 Å². The number of benzene rings is 1. The summed E-state index contributed by atoms with van der Waals surface area (Å²) in [7, 11) is 0. The standard InChI is InChI=1S/C14H11FN2O3S/c1-8(18)16-14-17-10(7-21-14)4-2-9-3-5-11(13(19)20)12(15)6-9/h2-7H,1H3,(H,19,20)(H,16,17,18)/b4-2+. The predicted octanol–water partition coefficient (Wildman–Crippen LogP) is 3.11. The van der Waals surface area contributed by atoms with Gasteiger partial charge < -0.3 is 10.4 Å². The number of amides is 1. The Labute approximate surface area is 123 Å². The van der Waals surface area contributed by atoms with E-state index in [1.807, 2.05) is 0 Å². The Morgan fingerprint density at radius 2 is 2.14 bits per heavy atom. The van der Waals surface area contributed by atoms with E-state index in [9.17, 15) is 14.0 Å². The molecule has 2 N–H and O–H groups in total. The summed E-state index contributed by atoms with van der Waals surface area (Å²) in [5.74, 6) is -2.30. The lowest BCUT2D eigenvalue weighted by molar-refractivity contribution is -0.114. The third-order valence-electron chi connectivity index (χ3n) is 2.48. The van der Waals surface area contributed by atoms with Crippen LogP contribution in [0.2, 0.25) is 0 Å². The maximum absolute atomic E-state index is 13.5. The minimum atomic E-state index is -1.30. The number of nitrogens with zero attached hydrogens (tertiary/aromatic N) is 1. The molecule has 0 aliphatic carbocycles. The van der Waals surface area contributed by atoms with E-state index in [1.54, 1.807) is 17.5 Å². The fraction of sp³-hybridized carbons (Fsp3) is 0.0714. The van der Waals surface area contributed by atoms with Crippen molar-refractivity contribution in [3.05, 3.63) is 46.2 Å². The molecule has 7 heteroatoms. The number of carbonyl (C=O) groups excluding carboxylic acids is 1. The SMILES string of the molecule is CC(=O)Nc1nc(/C=C/c2ccc(C(=O)O)c(F)c2)cs1. The summed E-state index contributed by atoms with van der Waals surface area (Å²) in [6.45, 7) is 1.39. The van der Waals surface area contributed by atoms with Crippen LogP contribution in [0.5, 0.6) is 0 Å². The normalized spacial score (nSPS) is 10.8. The summed E-state index contributed by atoms with van der Waals surface area (Å²) in [4.78, 5) is 25.7. The van der Waals surface area contributed by atoms with Crippen molar-refractivity contribution < 1.29 is 19.1 Å². The number of carboxylic acid groups (broad SMARTS) is 1. The summed E-state index contributed by atoms with van der Waals surface area (Å²) in [5, 5.41) is 13.5. The van der Waals surface area contributed by atoms with Gasteiger partial charge >= 0.3 is 5.97 Å². The highest BCUT2D eigenvalue weighted by molar-refractivity contribution is 7.14. The number of aromatic carboxylic acids is 1. The second-order valence-corrected chi connectivity index (χ2v) is 4.99. The molecule has 1 aromatic carbocycles. The van der Waals surface area contributed by atoms with Gasteiger partial charge in [-0.25, -0.2) is 14.2 Å². The van der Waals surface area contributed by atoms with Gasteiger partial charge in [-0.05, 0) is 23.8 Å². The summed E-state index contributed by atoms with van der Waals surface area (Å²) < 4.78 is 13.5. The molecule has 21 heavy (non-hydrogen) atoms. The van der Waals surface area contributed by atoms with Gasteiger partial charge in [-0.2, -0.15) is 0 Å². The predicted molar refractivity (Wildman–Crippen MR) is 78.7 cm³/mol.